The van der Waals surface area contributed by atoms with Gasteiger partial charge in [-0.2, -0.15) is 0 Å². The molecule has 1 heterocycles. The summed E-state index contributed by atoms with van der Waals surface area (Å²) in [5.41, 5.74) is 9.37. The normalized spacial score (nSPS) is 11.5. The van der Waals surface area contributed by atoms with E-state index in [1.807, 2.05) is 24.3 Å². The van der Waals surface area contributed by atoms with Gasteiger partial charge in [-0.15, -0.1) is 0 Å². The van der Waals surface area contributed by atoms with Gasteiger partial charge in [0.2, 0.25) is 0 Å². The molecule has 0 aliphatic heterocycles. The fraction of sp³-hybridized carbons (Fsp3) is 0.188. The second-order valence-electron chi connectivity index (χ2n) is 5.27. The third kappa shape index (κ3) is 2.54. The molecule has 2 aromatic carbocycles. The summed E-state index contributed by atoms with van der Waals surface area (Å²) in [5, 5.41) is 0.617. The van der Waals surface area contributed by atoms with Crippen molar-refractivity contribution < 1.29 is 0 Å². The van der Waals surface area contributed by atoms with Crippen LogP contribution in [0.3, 0.4) is 0 Å². The van der Waals surface area contributed by atoms with Crippen molar-refractivity contribution in [1.82, 2.24) is 9.55 Å². The molecule has 0 saturated heterocycles. The van der Waals surface area contributed by atoms with Gasteiger partial charge in [-0.3, -0.25) is 0 Å². The van der Waals surface area contributed by atoms with Gasteiger partial charge in [0.15, 0.2) is 0 Å². The molecule has 3 aromatic rings. The van der Waals surface area contributed by atoms with Crippen LogP contribution < -0.4 is 5.73 Å². The van der Waals surface area contributed by atoms with Crippen LogP contribution in [-0.2, 0) is 0 Å². The molecule has 0 spiro atoms. The summed E-state index contributed by atoms with van der Waals surface area (Å²) < 4.78 is 3.21. The lowest BCUT2D eigenvalue weighted by atomic mass is 10.2. The predicted octanol–water partition coefficient (Wildman–Crippen LogP) is 5.28. The van der Waals surface area contributed by atoms with E-state index in [1.165, 1.54) is 0 Å². The van der Waals surface area contributed by atoms with E-state index in [-0.39, 0.29) is 6.04 Å². The van der Waals surface area contributed by atoms with Gasteiger partial charge in [0.05, 0.1) is 16.1 Å². The third-order valence-electron chi connectivity index (χ3n) is 3.40. The number of nitrogens with two attached hydrogens (primary N) is 1. The van der Waals surface area contributed by atoms with Gasteiger partial charge in [0.1, 0.15) is 5.82 Å². The molecular weight excluding hydrogens is 350 g/mol. The number of nitrogen functional groups attached to an aromatic ring is 1. The van der Waals surface area contributed by atoms with Crippen LogP contribution >= 0.6 is 27.5 Å². The summed E-state index contributed by atoms with van der Waals surface area (Å²) in [6.45, 7) is 4.27. The van der Waals surface area contributed by atoms with Crippen LogP contribution in [0.2, 0.25) is 5.02 Å². The fourth-order valence-corrected chi connectivity index (χ4v) is 3.12. The number of anilines is 1. The van der Waals surface area contributed by atoms with Gasteiger partial charge in [-0.1, -0.05) is 27.5 Å². The van der Waals surface area contributed by atoms with Gasteiger partial charge >= 0.3 is 0 Å². The number of rotatable bonds is 2. The van der Waals surface area contributed by atoms with E-state index in [0.717, 1.165) is 26.9 Å². The van der Waals surface area contributed by atoms with E-state index < -0.39 is 0 Å². The van der Waals surface area contributed by atoms with Gasteiger partial charge in [0.25, 0.3) is 0 Å². The van der Waals surface area contributed by atoms with Gasteiger partial charge < -0.3 is 10.3 Å². The quantitative estimate of drug-likeness (QED) is 0.628. The average Bonchev–Trinajstić information content (AvgIpc) is 2.76. The highest BCUT2D eigenvalue weighted by atomic mass is 79.9. The molecule has 21 heavy (non-hydrogen) atoms. The zero-order chi connectivity index (χ0) is 15.1. The topological polar surface area (TPSA) is 43.8 Å². The Bertz CT molecular complexity index is 824. The Hall–Kier alpha value is -1.52. The van der Waals surface area contributed by atoms with E-state index in [9.17, 15) is 0 Å². The van der Waals surface area contributed by atoms with Crippen molar-refractivity contribution in [2.75, 3.05) is 5.73 Å². The minimum atomic E-state index is 0.278. The molecular formula is C16H15BrClN3. The Morgan fingerprint density at radius 3 is 2.62 bits per heavy atom. The number of aromatic nitrogens is 2. The van der Waals surface area contributed by atoms with Crippen LogP contribution in [0.15, 0.2) is 40.9 Å². The first-order valence-corrected chi connectivity index (χ1v) is 7.87. The molecule has 0 bridgehead atoms. The first-order valence-electron chi connectivity index (χ1n) is 6.70. The third-order valence-corrected chi connectivity index (χ3v) is 4.21. The Morgan fingerprint density at radius 2 is 1.95 bits per heavy atom. The van der Waals surface area contributed by atoms with Crippen LogP contribution in [-0.4, -0.2) is 9.55 Å². The summed E-state index contributed by atoms with van der Waals surface area (Å²) in [6, 6.07) is 11.9. The highest BCUT2D eigenvalue weighted by molar-refractivity contribution is 9.10. The summed E-state index contributed by atoms with van der Waals surface area (Å²) >= 11 is 9.85. The number of hydrogen-bond donors (Lipinski definition) is 1. The molecule has 3 nitrogen and oxygen atoms in total. The van der Waals surface area contributed by atoms with Crippen LogP contribution in [0.4, 0.5) is 5.69 Å². The van der Waals surface area contributed by atoms with Crippen molar-refractivity contribution >= 4 is 44.3 Å². The highest BCUT2D eigenvalue weighted by Crippen LogP contribution is 2.34. The molecule has 0 aliphatic rings. The van der Waals surface area contributed by atoms with Crippen molar-refractivity contribution in [3.63, 3.8) is 0 Å². The Morgan fingerprint density at radius 1 is 1.19 bits per heavy atom. The SMILES string of the molecule is CC(C)n1c(-c2ccc(N)cc2Cl)nc2cc(Br)ccc21. The Balaban J connectivity index is 2.33. The number of nitrogens with zero attached hydrogens (tertiary/aromatic N) is 2. The monoisotopic (exact) mass is 363 g/mol. The van der Waals surface area contributed by atoms with E-state index in [4.69, 9.17) is 22.3 Å². The number of benzene rings is 2. The van der Waals surface area contributed by atoms with Crippen molar-refractivity contribution in [2.45, 2.75) is 19.9 Å². The first kappa shape index (κ1) is 14.4. The van der Waals surface area contributed by atoms with Crippen LogP contribution in [0.25, 0.3) is 22.4 Å². The fourth-order valence-electron chi connectivity index (χ4n) is 2.50. The molecule has 0 atom stereocenters. The van der Waals surface area contributed by atoms with Crippen molar-refractivity contribution in [2.24, 2.45) is 0 Å². The molecule has 1 aromatic heterocycles. The maximum atomic E-state index is 6.36. The Labute approximate surface area is 136 Å². The predicted molar refractivity (Wildman–Crippen MR) is 92.7 cm³/mol. The van der Waals surface area contributed by atoms with Crippen molar-refractivity contribution in [3.8, 4) is 11.4 Å². The summed E-state index contributed by atoms with van der Waals surface area (Å²) in [4.78, 5) is 4.76. The molecule has 0 unspecified atom stereocenters. The lowest BCUT2D eigenvalue weighted by Gasteiger charge is -2.14. The molecule has 3 rings (SSSR count). The Kier molecular flexibility index (Phi) is 3.68. The van der Waals surface area contributed by atoms with E-state index in [1.54, 1.807) is 6.07 Å². The summed E-state index contributed by atoms with van der Waals surface area (Å²) in [6.07, 6.45) is 0. The largest absolute Gasteiger partial charge is 0.399 e. The standard InChI is InChI=1S/C16H15BrClN3/c1-9(2)21-15-6-3-10(17)7-14(15)20-16(21)12-5-4-11(19)8-13(12)18/h3-9H,19H2,1-2H3. The van der Waals surface area contributed by atoms with Crippen LogP contribution in [0.5, 0.6) is 0 Å². The molecule has 0 fully saturated rings. The highest BCUT2D eigenvalue weighted by Gasteiger charge is 2.17. The van der Waals surface area contributed by atoms with Crippen LogP contribution in [0.1, 0.15) is 19.9 Å². The lowest BCUT2D eigenvalue weighted by molar-refractivity contribution is 0.624. The maximum Gasteiger partial charge on any atom is 0.142 e. The van der Waals surface area contributed by atoms with Gasteiger partial charge in [-0.25, -0.2) is 4.98 Å². The maximum absolute atomic E-state index is 6.36. The van der Waals surface area contributed by atoms with E-state index in [2.05, 4.69) is 40.4 Å². The molecule has 5 heteroatoms. The number of halogens is 2. The molecule has 108 valence electrons. The second kappa shape index (κ2) is 5.35. The average molecular weight is 365 g/mol. The zero-order valence-corrected chi connectivity index (χ0v) is 14.1. The minimum absolute atomic E-state index is 0.278. The van der Waals surface area contributed by atoms with Gasteiger partial charge in [0, 0.05) is 21.8 Å². The summed E-state index contributed by atoms with van der Waals surface area (Å²) in [7, 11) is 0. The molecule has 0 saturated carbocycles. The number of imidazole rings is 1. The minimum Gasteiger partial charge on any atom is -0.399 e. The zero-order valence-electron chi connectivity index (χ0n) is 11.8. The van der Waals surface area contributed by atoms with Crippen molar-refractivity contribution in [3.05, 3.63) is 45.9 Å². The van der Waals surface area contributed by atoms with Crippen molar-refractivity contribution in [1.29, 1.82) is 0 Å². The second-order valence-corrected chi connectivity index (χ2v) is 6.59. The van der Waals surface area contributed by atoms with E-state index >= 15 is 0 Å². The van der Waals surface area contributed by atoms with Gasteiger partial charge in [-0.05, 0) is 50.2 Å². The molecule has 0 radical (unpaired) electrons. The number of fused-ring (bicyclic) bond motifs is 1. The number of hydrogen-bond acceptors (Lipinski definition) is 2. The molecule has 2 N–H and O–H groups in total. The first-order chi connectivity index (χ1) is 9.97. The lowest BCUT2D eigenvalue weighted by Crippen LogP contribution is -2.03. The van der Waals surface area contributed by atoms with E-state index in [0.29, 0.717) is 10.7 Å². The molecule has 0 aliphatic carbocycles. The summed E-state index contributed by atoms with van der Waals surface area (Å²) in [5.74, 6) is 0.864. The smallest absolute Gasteiger partial charge is 0.142 e. The van der Waals surface area contributed by atoms with Crippen LogP contribution in [0, 0.1) is 0 Å². The molecule has 0 amide bonds.